The molecule has 0 fully saturated rings. The number of rotatable bonds is 7. The fraction of sp³-hybridized carbons (Fsp3) is 0.316. The van der Waals surface area contributed by atoms with Crippen molar-refractivity contribution in [1.82, 2.24) is 5.32 Å². The second kappa shape index (κ2) is 8.73. The summed E-state index contributed by atoms with van der Waals surface area (Å²) in [6.07, 6.45) is -3.46. The molecule has 164 valence electrons. The number of carbonyl (C=O) groups is 1. The Labute approximate surface area is 177 Å². The van der Waals surface area contributed by atoms with Gasteiger partial charge in [0.15, 0.2) is 5.60 Å². The molecule has 2 aromatic rings. The molecule has 0 bridgehead atoms. The molecule has 11 heteroatoms. The third kappa shape index (κ3) is 6.81. The maximum atomic E-state index is 12.6. The first-order valence-corrected chi connectivity index (χ1v) is 10.8. The van der Waals surface area contributed by atoms with Gasteiger partial charge in [0, 0.05) is 6.54 Å². The van der Waals surface area contributed by atoms with Crippen molar-refractivity contribution in [1.29, 1.82) is 0 Å². The van der Waals surface area contributed by atoms with E-state index in [4.69, 9.17) is 16.3 Å². The van der Waals surface area contributed by atoms with Crippen molar-refractivity contribution in [2.24, 2.45) is 0 Å². The van der Waals surface area contributed by atoms with Crippen LogP contribution < -0.4 is 14.8 Å². The van der Waals surface area contributed by atoms with Crippen LogP contribution in [0.3, 0.4) is 0 Å². The molecule has 0 aliphatic heterocycles. The summed E-state index contributed by atoms with van der Waals surface area (Å²) < 4.78 is 68.3. The largest absolute Gasteiger partial charge is 0.478 e. The number of hydrogen-bond acceptors (Lipinski definition) is 4. The van der Waals surface area contributed by atoms with Crippen LogP contribution in [0.4, 0.5) is 18.9 Å². The van der Waals surface area contributed by atoms with E-state index in [1.54, 1.807) is 6.07 Å². The number of alkyl halides is 3. The molecule has 6 nitrogen and oxygen atoms in total. The van der Waals surface area contributed by atoms with Gasteiger partial charge in [-0.1, -0.05) is 17.7 Å². The van der Waals surface area contributed by atoms with E-state index in [2.05, 4.69) is 10.0 Å². The zero-order valence-corrected chi connectivity index (χ0v) is 17.9. The molecular formula is C19H20ClF3N2O4S. The minimum absolute atomic E-state index is 0.0809. The molecule has 30 heavy (non-hydrogen) atoms. The number of hydrogen-bond donors (Lipinski definition) is 2. The molecule has 2 N–H and O–H groups in total. The molecule has 0 aliphatic carbocycles. The Balaban J connectivity index is 2.00. The monoisotopic (exact) mass is 464 g/mol. The Hall–Kier alpha value is -2.46. The predicted octanol–water partition coefficient (Wildman–Crippen LogP) is 4.20. The first kappa shape index (κ1) is 23.8. The van der Waals surface area contributed by atoms with Crippen LogP contribution in [-0.4, -0.2) is 26.2 Å². The van der Waals surface area contributed by atoms with Crippen LogP contribution in [0.15, 0.2) is 42.5 Å². The molecule has 0 radical (unpaired) electrons. The fourth-order valence-electron chi connectivity index (χ4n) is 2.40. The van der Waals surface area contributed by atoms with E-state index < -0.39 is 33.3 Å². The van der Waals surface area contributed by atoms with Crippen molar-refractivity contribution in [2.45, 2.75) is 32.2 Å². The maximum Gasteiger partial charge on any atom is 0.416 e. The molecule has 0 unspecified atom stereocenters. The van der Waals surface area contributed by atoms with Gasteiger partial charge < -0.3 is 10.1 Å². The molecule has 0 saturated heterocycles. The van der Waals surface area contributed by atoms with Crippen molar-refractivity contribution in [3.63, 3.8) is 0 Å². The van der Waals surface area contributed by atoms with Gasteiger partial charge >= 0.3 is 6.18 Å². The quantitative estimate of drug-likeness (QED) is 0.643. The molecule has 1 amide bonds. The summed E-state index contributed by atoms with van der Waals surface area (Å²) in [5, 5.41) is 2.81. The lowest BCUT2D eigenvalue weighted by Gasteiger charge is -2.25. The van der Waals surface area contributed by atoms with Gasteiger partial charge in [-0.15, -0.1) is 0 Å². The number of carbonyl (C=O) groups excluding carboxylic acids is 1. The lowest BCUT2D eigenvalue weighted by molar-refractivity contribution is -0.138. The Bertz CT molecular complexity index is 1020. The Kier molecular flexibility index (Phi) is 6.93. The van der Waals surface area contributed by atoms with Gasteiger partial charge in [0.25, 0.3) is 5.91 Å². The highest BCUT2D eigenvalue weighted by Gasteiger charge is 2.32. The zero-order chi connectivity index (χ0) is 22.7. The molecular weight excluding hydrogens is 445 g/mol. The molecule has 0 aliphatic rings. The van der Waals surface area contributed by atoms with Crippen LogP contribution >= 0.6 is 11.6 Å². The topological polar surface area (TPSA) is 84.5 Å². The number of nitrogens with one attached hydrogen (secondary N) is 2. The average molecular weight is 465 g/mol. The van der Waals surface area contributed by atoms with E-state index in [0.29, 0.717) is 5.56 Å². The standard InChI is InChI=1S/C19H20ClF3N2O4S/c1-18(2,29-14-7-5-13(6-8-14)19(21,22)23)17(26)24-11-12-4-9-16(15(20)10-12)25-30(3,27)28/h4-10,25H,11H2,1-3H3,(H,24,26). The second-order valence-corrected chi connectivity index (χ2v) is 9.16. The SMILES string of the molecule is CC(C)(Oc1ccc(C(F)(F)F)cc1)C(=O)NCc1ccc(NS(C)(=O)=O)c(Cl)c1. The summed E-state index contributed by atoms with van der Waals surface area (Å²) in [7, 11) is -3.48. The number of benzene rings is 2. The van der Waals surface area contributed by atoms with E-state index in [-0.39, 0.29) is 23.0 Å². The highest BCUT2D eigenvalue weighted by molar-refractivity contribution is 7.92. The number of sulfonamides is 1. The summed E-state index contributed by atoms with van der Waals surface area (Å²) in [5.41, 5.74) is -1.36. The van der Waals surface area contributed by atoms with E-state index in [9.17, 15) is 26.4 Å². The summed E-state index contributed by atoms with van der Waals surface area (Å²) >= 11 is 6.05. The number of halogens is 4. The molecule has 2 rings (SSSR count). The van der Waals surface area contributed by atoms with Gasteiger partial charge in [-0.2, -0.15) is 13.2 Å². The van der Waals surface area contributed by atoms with E-state index in [0.717, 1.165) is 30.5 Å². The van der Waals surface area contributed by atoms with Gasteiger partial charge in [0.05, 0.1) is 22.5 Å². The predicted molar refractivity (Wildman–Crippen MR) is 108 cm³/mol. The fourth-order valence-corrected chi connectivity index (χ4v) is 3.28. The van der Waals surface area contributed by atoms with E-state index in [1.807, 2.05) is 0 Å². The number of anilines is 1. The highest BCUT2D eigenvalue weighted by Crippen LogP contribution is 2.31. The summed E-state index contributed by atoms with van der Waals surface area (Å²) in [5.74, 6) is -0.390. The van der Waals surface area contributed by atoms with E-state index in [1.165, 1.54) is 26.0 Å². The summed E-state index contributed by atoms with van der Waals surface area (Å²) in [6.45, 7) is 3.04. The van der Waals surface area contributed by atoms with Gasteiger partial charge in [-0.25, -0.2) is 8.42 Å². The van der Waals surface area contributed by atoms with Crippen LogP contribution in [0.5, 0.6) is 5.75 Å². The number of amides is 1. The van der Waals surface area contributed by atoms with Crippen molar-refractivity contribution in [3.05, 3.63) is 58.6 Å². The number of ether oxygens (including phenoxy) is 1. The van der Waals surface area contributed by atoms with Gasteiger partial charge in [0.2, 0.25) is 10.0 Å². The first-order valence-electron chi connectivity index (χ1n) is 8.58. The van der Waals surface area contributed by atoms with Crippen molar-refractivity contribution in [3.8, 4) is 5.75 Å². The first-order chi connectivity index (χ1) is 13.7. The molecule has 0 spiro atoms. The molecule has 0 atom stereocenters. The van der Waals surface area contributed by atoms with Crippen LogP contribution in [0.2, 0.25) is 5.02 Å². The van der Waals surface area contributed by atoms with Crippen LogP contribution in [0, 0.1) is 0 Å². The van der Waals surface area contributed by atoms with Crippen molar-refractivity contribution >= 4 is 33.2 Å². The summed E-state index contributed by atoms with van der Waals surface area (Å²) in [6, 6.07) is 8.59. The molecule has 2 aromatic carbocycles. The molecule has 0 saturated carbocycles. The Morgan fingerprint density at radius 3 is 2.20 bits per heavy atom. The van der Waals surface area contributed by atoms with Crippen LogP contribution in [-0.2, 0) is 27.5 Å². The molecule has 0 heterocycles. The van der Waals surface area contributed by atoms with Crippen molar-refractivity contribution < 1.29 is 31.1 Å². The highest BCUT2D eigenvalue weighted by atomic mass is 35.5. The van der Waals surface area contributed by atoms with Gasteiger partial charge in [-0.3, -0.25) is 9.52 Å². The zero-order valence-electron chi connectivity index (χ0n) is 16.3. The Morgan fingerprint density at radius 1 is 1.10 bits per heavy atom. The smallest absolute Gasteiger partial charge is 0.416 e. The third-order valence-corrected chi connectivity index (χ3v) is 4.79. The molecule has 0 aromatic heterocycles. The van der Waals surface area contributed by atoms with E-state index >= 15 is 0 Å². The maximum absolute atomic E-state index is 12.6. The van der Waals surface area contributed by atoms with Crippen LogP contribution in [0.25, 0.3) is 0 Å². The normalized spacial score (nSPS) is 12.4. The Morgan fingerprint density at radius 2 is 1.70 bits per heavy atom. The summed E-state index contributed by atoms with van der Waals surface area (Å²) in [4.78, 5) is 12.5. The van der Waals surface area contributed by atoms with Gasteiger partial charge in [-0.05, 0) is 55.8 Å². The van der Waals surface area contributed by atoms with Gasteiger partial charge in [0.1, 0.15) is 5.75 Å². The lowest BCUT2D eigenvalue weighted by atomic mass is 10.1. The lowest BCUT2D eigenvalue weighted by Crippen LogP contribution is -2.46. The second-order valence-electron chi connectivity index (χ2n) is 7.01. The third-order valence-electron chi connectivity index (χ3n) is 3.88. The van der Waals surface area contributed by atoms with Crippen molar-refractivity contribution in [2.75, 3.05) is 11.0 Å². The average Bonchev–Trinajstić information content (AvgIpc) is 2.60. The minimum Gasteiger partial charge on any atom is -0.478 e. The minimum atomic E-state index is -4.46. The van der Waals surface area contributed by atoms with Crippen LogP contribution in [0.1, 0.15) is 25.0 Å².